The summed E-state index contributed by atoms with van der Waals surface area (Å²) in [5, 5.41) is 0.900. The lowest BCUT2D eigenvalue weighted by molar-refractivity contribution is 0.0963. The standard InChI is InChI=1S/C20H17N5O/c26-19(23-24-20-21-11-6-12-22-20)17-14-25(13-15-7-2-1-3-8-15)18-10-5-4-9-16(17)18/h1-12,14H,13H2,(H,23,26)(H,21,22,24). The number of aromatic nitrogens is 3. The van der Waals surface area contributed by atoms with E-state index >= 15 is 0 Å². The highest BCUT2D eigenvalue weighted by molar-refractivity contribution is 6.07. The van der Waals surface area contributed by atoms with Crippen LogP contribution in [0.25, 0.3) is 10.9 Å². The Morgan fingerprint density at radius 1 is 0.923 bits per heavy atom. The van der Waals surface area contributed by atoms with Crippen LogP contribution < -0.4 is 10.9 Å². The van der Waals surface area contributed by atoms with Crippen molar-refractivity contribution in [1.29, 1.82) is 0 Å². The van der Waals surface area contributed by atoms with Gasteiger partial charge in [-0.2, -0.15) is 0 Å². The molecule has 0 atom stereocenters. The van der Waals surface area contributed by atoms with Crippen molar-refractivity contribution < 1.29 is 4.79 Å². The second-order valence-electron chi connectivity index (χ2n) is 5.82. The Kier molecular flexibility index (Phi) is 4.30. The second-order valence-corrected chi connectivity index (χ2v) is 5.82. The van der Waals surface area contributed by atoms with Crippen molar-refractivity contribution in [2.75, 3.05) is 5.43 Å². The topological polar surface area (TPSA) is 71.8 Å². The zero-order valence-electron chi connectivity index (χ0n) is 14.0. The van der Waals surface area contributed by atoms with E-state index in [1.54, 1.807) is 18.5 Å². The second kappa shape index (κ2) is 7.06. The number of rotatable bonds is 5. The lowest BCUT2D eigenvalue weighted by atomic mass is 10.2. The lowest BCUT2D eigenvalue weighted by Crippen LogP contribution is -2.30. The van der Waals surface area contributed by atoms with E-state index in [9.17, 15) is 4.79 Å². The highest BCUT2D eigenvalue weighted by atomic mass is 16.2. The van der Waals surface area contributed by atoms with Crippen LogP contribution in [-0.2, 0) is 6.54 Å². The Hall–Kier alpha value is -3.67. The van der Waals surface area contributed by atoms with E-state index < -0.39 is 0 Å². The van der Waals surface area contributed by atoms with Gasteiger partial charge < -0.3 is 4.57 Å². The summed E-state index contributed by atoms with van der Waals surface area (Å²) in [7, 11) is 0. The fourth-order valence-corrected chi connectivity index (χ4v) is 2.88. The third-order valence-electron chi connectivity index (χ3n) is 4.08. The van der Waals surface area contributed by atoms with Gasteiger partial charge in [0.05, 0.1) is 5.56 Å². The van der Waals surface area contributed by atoms with Crippen LogP contribution in [0, 0.1) is 0 Å². The van der Waals surface area contributed by atoms with E-state index in [0.717, 1.165) is 10.9 Å². The first-order valence-corrected chi connectivity index (χ1v) is 8.26. The van der Waals surface area contributed by atoms with Crippen molar-refractivity contribution in [3.8, 4) is 0 Å². The van der Waals surface area contributed by atoms with Crippen molar-refractivity contribution in [3.05, 3.63) is 90.4 Å². The normalized spacial score (nSPS) is 10.6. The fraction of sp³-hybridized carbons (Fsp3) is 0.0500. The van der Waals surface area contributed by atoms with E-state index in [-0.39, 0.29) is 5.91 Å². The first-order chi connectivity index (χ1) is 12.8. The quantitative estimate of drug-likeness (QED) is 0.546. The monoisotopic (exact) mass is 343 g/mol. The molecule has 0 unspecified atom stereocenters. The number of fused-ring (bicyclic) bond motifs is 1. The maximum Gasteiger partial charge on any atom is 0.271 e. The molecular formula is C20H17N5O. The molecule has 0 spiro atoms. The average molecular weight is 343 g/mol. The molecular weight excluding hydrogens is 326 g/mol. The van der Waals surface area contributed by atoms with Crippen LogP contribution in [0.1, 0.15) is 15.9 Å². The van der Waals surface area contributed by atoms with Crippen LogP contribution in [0.3, 0.4) is 0 Å². The Morgan fingerprint density at radius 2 is 1.65 bits per heavy atom. The lowest BCUT2D eigenvalue weighted by Gasteiger charge is -2.05. The zero-order chi connectivity index (χ0) is 17.8. The van der Waals surface area contributed by atoms with E-state index in [4.69, 9.17) is 0 Å². The SMILES string of the molecule is O=C(NNc1ncccn1)c1cn(Cc2ccccc2)c2ccccc12. The number of hydrogen-bond acceptors (Lipinski definition) is 4. The number of anilines is 1. The number of nitrogens with one attached hydrogen (secondary N) is 2. The molecule has 0 saturated carbocycles. The minimum absolute atomic E-state index is 0.236. The number of nitrogens with zero attached hydrogens (tertiary/aromatic N) is 3. The summed E-state index contributed by atoms with van der Waals surface area (Å²) in [5.74, 6) is 0.106. The molecule has 2 N–H and O–H groups in total. The largest absolute Gasteiger partial charge is 0.342 e. The number of amides is 1. The van der Waals surface area contributed by atoms with Crippen LogP contribution in [0.5, 0.6) is 0 Å². The van der Waals surface area contributed by atoms with Gasteiger partial charge in [0, 0.05) is 36.0 Å². The van der Waals surface area contributed by atoms with Crippen LogP contribution in [0.4, 0.5) is 5.95 Å². The van der Waals surface area contributed by atoms with E-state index in [1.807, 2.05) is 48.7 Å². The molecule has 4 rings (SSSR count). The van der Waals surface area contributed by atoms with Crippen molar-refractivity contribution in [2.24, 2.45) is 0 Å². The van der Waals surface area contributed by atoms with Gasteiger partial charge in [0.2, 0.25) is 5.95 Å². The number of carbonyl (C=O) groups is 1. The summed E-state index contributed by atoms with van der Waals surface area (Å²) in [6.07, 6.45) is 5.08. The molecule has 2 heterocycles. The van der Waals surface area contributed by atoms with Gasteiger partial charge in [0.25, 0.3) is 5.91 Å². The van der Waals surface area contributed by atoms with Crippen LogP contribution in [0.15, 0.2) is 79.3 Å². The summed E-state index contributed by atoms with van der Waals surface area (Å²) in [6, 6.07) is 19.7. The van der Waals surface area contributed by atoms with Gasteiger partial charge in [-0.05, 0) is 17.7 Å². The molecule has 2 aromatic heterocycles. The summed E-state index contributed by atoms with van der Waals surface area (Å²) in [6.45, 7) is 0.698. The predicted octanol–water partition coefficient (Wildman–Crippen LogP) is 3.24. The third kappa shape index (κ3) is 3.25. The van der Waals surface area contributed by atoms with E-state index in [1.165, 1.54) is 5.56 Å². The predicted molar refractivity (Wildman–Crippen MR) is 101 cm³/mol. The van der Waals surface area contributed by atoms with Gasteiger partial charge in [-0.25, -0.2) is 9.97 Å². The molecule has 1 amide bonds. The molecule has 26 heavy (non-hydrogen) atoms. The number of carbonyl (C=O) groups excluding carboxylic acids is 1. The molecule has 6 nitrogen and oxygen atoms in total. The zero-order valence-corrected chi connectivity index (χ0v) is 14.0. The minimum Gasteiger partial charge on any atom is -0.342 e. The maximum atomic E-state index is 12.7. The summed E-state index contributed by atoms with van der Waals surface area (Å²) in [4.78, 5) is 20.7. The molecule has 4 aromatic rings. The molecule has 0 aliphatic heterocycles. The minimum atomic E-state index is -0.236. The summed E-state index contributed by atoms with van der Waals surface area (Å²) in [5.41, 5.74) is 8.18. The van der Waals surface area contributed by atoms with Crippen molar-refractivity contribution in [1.82, 2.24) is 20.0 Å². The smallest absolute Gasteiger partial charge is 0.271 e. The molecule has 0 aliphatic carbocycles. The summed E-state index contributed by atoms with van der Waals surface area (Å²) >= 11 is 0. The van der Waals surface area contributed by atoms with E-state index in [2.05, 4.69) is 37.5 Å². The van der Waals surface area contributed by atoms with Gasteiger partial charge >= 0.3 is 0 Å². The Labute approximate surface area is 150 Å². The van der Waals surface area contributed by atoms with Gasteiger partial charge in [0.15, 0.2) is 0 Å². The van der Waals surface area contributed by atoms with Crippen molar-refractivity contribution >= 4 is 22.8 Å². The number of hydrazine groups is 1. The van der Waals surface area contributed by atoms with Crippen LogP contribution in [-0.4, -0.2) is 20.4 Å². The van der Waals surface area contributed by atoms with Gasteiger partial charge in [-0.1, -0.05) is 48.5 Å². The first-order valence-electron chi connectivity index (χ1n) is 8.26. The van der Waals surface area contributed by atoms with Gasteiger partial charge in [-0.15, -0.1) is 0 Å². The van der Waals surface area contributed by atoms with Crippen LogP contribution in [0.2, 0.25) is 0 Å². The molecule has 6 heteroatoms. The van der Waals surface area contributed by atoms with Crippen molar-refractivity contribution in [2.45, 2.75) is 6.54 Å². The first kappa shape index (κ1) is 15.8. The summed E-state index contributed by atoms with van der Waals surface area (Å²) < 4.78 is 2.08. The highest BCUT2D eigenvalue weighted by Crippen LogP contribution is 2.22. The molecule has 0 bridgehead atoms. The van der Waals surface area contributed by atoms with Crippen molar-refractivity contribution in [3.63, 3.8) is 0 Å². The molecule has 0 radical (unpaired) electrons. The Morgan fingerprint density at radius 3 is 2.46 bits per heavy atom. The number of para-hydroxylation sites is 1. The number of benzene rings is 2. The van der Waals surface area contributed by atoms with E-state index in [0.29, 0.717) is 18.1 Å². The molecule has 128 valence electrons. The fourth-order valence-electron chi connectivity index (χ4n) is 2.88. The molecule has 0 saturated heterocycles. The highest BCUT2D eigenvalue weighted by Gasteiger charge is 2.15. The Bertz CT molecular complexity index is 1030. The van der Waals surface area contributed by atoms with Gasteiger partial charge in [-0.3, -0.25) is 15.6 Å². The van der Waals surface area contributed by atoms with Crippen LogP contribution >= 0.6 is 0 Å². The number of hydrogen-bond donors (Lipinski definition) is 2. The average Bonchev–Trinajstić information content (AvgIpc) is 3.06. The van der Waals surface area contributed by atoms with Gasteiger partial charge in [0.1, 0.15) is 0 Å². The molecule has 0 aliphatic rings. The molecule has 0 fully saturated rings. The third-order valence-corrected chi connectivity index (χ3v) is 4.08. The maximum absolute atomic E-state index is 12.7. The Balaban J connectivity index is 1.61. The molecule has 2 aromatic carbocycles.